The number of hydrogen-bond acceptors (Lipinski definition) is 5. The quantitative estimate of drug-likeness (QED) is 0.652. The Morgan fingerprint density at radius 3 is 2.64 bits per heavy atom. The monoisotopic (exact) mass is 368 g/mol. The summed E-state index contributed by atoms with van der Waals surface area (Å²) in [5.41, 5.74) is 0.960. The van der Waals surface area contributed by atoms with Gasteiger partial charge < -0.3 is 15.1 Å². The molecule has 138 valence electrons. The molecule has 2 atom stereocenters. The van der Waals surface area contributed by atoms with E-state index in [4.69, 9.17) is 0 Å². The number of carbonyl (C=O) groups excluding carboxylic acids is 1. The number of halogens is 1. The molecule has 2 aliphatic rings. The van der Waals surface area contributed by atoms with Crippen LogP contribution in [0.1, 0.15) is 19.8 Å². The maximum atomic E-state index is 12.7. The molecule has 0 radical (unpaired) electrons. The average molecular weight is 369 g/mol. The Morgan fingerprint density at radius 2 is 2.00 bits per heavy atom. The van der Waals surface area contributed by atoms with Gasteiger partial charge in [0.1, 0.15) is 0 Å². The first kappa shape index (κ1) is 19.5. The third-order valence-electron chi connectivity index (χ3n) is 4.97. The Balaban J connectivity index is 0.00000225. The van der Waals surface area contributed by atoms with Crippen LogP contribution in [0.15, 0.2) is 24.3 Å². The van der Waals surface area contributed by atoms with Crippen molar-refractivity contribution in [2.24, 2.45) is 5.92 Å². The van der Waals surface area contributed by atoms with Crippen molar-refractivity contribution in [1.29, 1.82) is 0 Å². The normalized spacial score (nSPS) is 23.7. The van der Waals surface area contributed by atoms with Crippen LogP contribution in [-0.2, 0) is 4.79 Å². The molecule has 3 rings (SSSR count). The lowest BCUT2D eigenvalue weighted by atomic mass is 9.92. The summed E-state index contributed by atoms with van der Waals surface area (Å²) in [5.74, 6) is 0.396. The lowest BCUT2D eigenvalue weighted by molar-refractivity contribution is -0.384. The van der Waals surface area contributed by atoms with E-state index in [2.05, 4.69) is 17.1 Å². The number of piperidine rings is 1. The van der Waals surface area contributed by atoms with E-state index < -0.39 is 0 Å². The number of benzene rings is 1. The Kier molecular flexibility index (Phi) is 6.61. The summed E-state index contributed by atoms with van der Waals surface area (Å²) in [5, 5.41) is 14.3. The smallest absolute Gasteiger partial charge is 0.271 e. The number of nitro benzene ring substituents is 1. The number of non-ortho nitro benzene ring substituents is 1. The van der Waals surface area contributed by atoms with Crippen molar-refractivity contribution >= 4 is 29.7 Å². The highest BCUT2D eigenvalue weighted by Gasteiger charge is 2.30. The zero-order valence-electron chi connectivity index (χ0n) is 14.4. The number of nitro groups is 1. The van der Waals surface area contributed by atoms with E-state index in [0.717, 1.165) is 25.1 Å². The maximum absolute atomic E-state index is 12.7. The molecule has 0 unspecified atom stereocenters. The van der Waals surface area contributed by atoms with Gasteiger partial charge in [0.2, 0.25) is 5.91 Å². The number of anilines is 1. The van der Waals surface area contributed by atoms with Gasteiger partial charge in [0.15, 0.2) is 0 Å². The molecular weight excluding hydrogens is 344 g/mol. The number of amides is 1. The highest BCUT2D eigenvalue weighted by Crippen LogP contribution is 2.24. The van der Waals surface area contributed by atoms with E-state index in [1.807, 2.05) is 11.0 Å². The second-order valence-electron chi connectivity index (χ2n) is 6.67. The summed E-state index contributed by atoms with van der Waals surface area (Å²) >= 11 is 0. The fourth-order valence-electron chi connectivity index (χ4n) is 3.60. The van der Waals surface area contributed by atoms with E-state index in [0.29, 0.717) is 32.2 Å². The van der Waals surface area contributed by atoms with E-state index in [1.54, 1.807) is 12.1 Å². The fraction of sp³-hybridized carbons (Fsp3) is 0.588. The molecule has 8 heteroatoms. The predicted molar refractivity (Wildman–Crippen MR) is 99.3 cm³/mol. The summed E-state index contributed by atoms with van der Waals surface area (Å²) in [6.45, 7) is 5.82. The summed E-state index contributed by atoms with van der Waals surface area (Å²) in [6, 6.07) is 7.10. The molecule has 1 N–H and O–H groups in total. The number of nitrogens with one attached hydrogen (secondary N) is 1. The molecule has 0 aromatic heterocycles. The second-order valence-corrected chi connectivity index (χ2v) is 6.67. The maximum Gasteiger partial charge on any atom is 0.271 e. The first-order chi connectivity index (χ1) is 11.5. The molecule has 25 heavy (non-hydrogen) atoms. The van der Waals surface area contributed by atoms with Crippen molar-refractivity contribution < 1.29 is 9.72 Å². The van der Waals surface area contributed by atoms with Crippen LogP contribution in [0.5, 0.6) is 0 Å². The predicted octanol–water partition coefficient (Wildman–Crippen LogP) is 2.05. The lowest BCUT2D eigenvalue weighted by Gasteiger charge is -2.38. The van der Waals surface area contributed by atoms with Crippen molar-refractivity contribution in [1.82, 2.24) is 10.2 Å². The molecule has 1 aromatic rings. The molecule has 0 bridgehead atoms. The van der Waals surface area contributed by atoms with Gasteiger partial charge in [0, 0.05) is 56.0 Å². The molecule has 2 saturated heterocycles. The fourth-order valence-corrected chi connectivity index (χ4v) is 3.60. The number of hydrogen-bond donors (Lipinski definition) is 1. The van der Waals surface area contributed by atoms with Crippen LogP contribution in [0.25, 0.3) is 0 Å². The van der Waals surface area contributed by atoms with Crippen molar-refractivity contribution in [2.75, 3.05) is 37.6 Å². The largest absolute Gasteiger partial charge is 0.368 e. The second kappa shape index (κ2) is 8.49. The zero-order valence-corrected chi connectivity index (χ0v) is 15.2. The minimum atomic E-state index is -0.373. The highest BCUT2D eigenvalue weighted by molar-refractivity contribution is 5.85. The molecule has 2 fully saturated rings. The standard InChI is InChI=1S/C17H24N4O3.ClH/c1-13-11-14(5-6-18-13)17(22)20-9-7-19(8-10-20)15-3-2-4-16(12-15)21(23)24;/h2-4,12-14,18H,5-11H2,1H3;1H/t13-,14-;/m0./s1. The van der Waals surface area contributed by atoms with Crippen LogP contribution in [-0.4, -0.2) is 54.5 Å². The SMILES string of the molecule is C[C@H]1C[C@@H](C(=O)N2CCN(c3cccc([N+](=O)[O-])c3)CC2)CCN1.Cl. The molecule has 0 aliphatic carbocycles. The van der Waals surface area contributed by atoms with Crippen molar-refractivity contribution in [3.05, 3.63) is 34.4 Å². The molecule has 0 saturated carbocycles. The van der Waals surface area contributed by atoms with Gasteiger partial charge in [-0.05, 0) is 32.4 Å². The van der Waals surface area contributed by atoms with Crippen molar-refractivity contribution in [3.63, 3.8) is 0 Å². The molecule has 2 aliphatic heterocycles. The third-order valence-corrected chi connectivity index (χ3v) is 4.97. The van der Waals surface area contributed by atoms with Gasteiger partial charge in [-0.15, -0.1) is 12.4 Å². The van der Waals surface area contributed by atoms with Gasteiger partial charge in [-0.25, -0.2) is 0 Å². The first-order valence-electron chi connectivity index (χ1n) is 8.56. The van der Waals surface area contributed by atoms with Gasteiger partial charge in [-0.3, -0.25) is 14.9 Å². The van der Waals surface area contributed by atoms with Crippen LogP contribution < -0.4 is 10.2 Å². The summed E-state index contributed by atoms with van der Waals surface area (Å²) < 4.78 is 0. The van der Waals surface area contributed by atoms with Gasteiger partial charge in [-0.2, -0.15) is 0 Å². The molecule has 7 nitrogen and oxygen atoms in total. The zero-order chi connectivity index (χ0) is 17.1. The van der Waals surface area contributed by atoms with E-state index in [9.17, 15) is 14.9 Å². The summed E-state index contributed by atoms with van der Waals surface area (Å²) in [6.07, 6.45) is 1.82. The van der Waals surface area contributed by atoms with Crippen LogP contribution in [0.3, 0.4) is 0 Å². The van der Waals surface area contributed by atoms with Crippen molar-refractivity contribution in [2.45, 2.75) is 25.8 Å². The summed E-state index contributed by atoms with van der Waals surface area (Å²) in [7, 11) is 0. The number of piperazine rings is 1. The Labute approximate surface area is 153 Å². The van der Waals surface area contributed by atoms with Crippen LogP contribution in [0.4, 0.5) is 11.4 Å². The molecule has 0 spiro atoms. The van der Waals surface area contributed by atoms with Gasteiger partial charge >= 0.3 is 0 Å². The van der Waals surface area contributed by atoms with E-state index in [-0.39, 0.29) is 34.8 Å². The highest BCUT2D eigenvalue weighted by atomic mass is 35.5. The average Bonchev–Trinajstić information content (AvgIpc) is 2.61. The lowest BCUT2D eigenvalue weighted by Crippen LogP contribution is -2.52. The van der Waals surface area contributed by atoms with Gasteiger partial charge in [-0.1, -0.05) is 6.07 Å². The Hall–Kier alpha value is -1.86. The Bertz CT molecular complexity index is 620. The molecule has 1 amide bonds. The first-order valence-corrected chi connectivity index (χ1v) is 8.56. The van der Waals surface area contributed by atoms with Gasteiger partial charge in [0.05, 0.1) is 4.92 Å². The van der Waals surface area contributed by atoms with Crippen LogP contribution in [0, 0.1) is 16.0 Å². The van der Waals surface area contributed by atoms with Crippen molar-refractivity contribution in [3.8, 4) is 0 Å². The molecule has 2 heterocycles. The van der Waals surface area contributed by atoms with Gasteiger partial charge in [0.25, 0.3) is 5.69 Å². The van der Waals surface area contributed by atoms with E-state index >= 15 is 0 Å². The minimum absolute atomic E-state index is 0. The van der Waals surface area contributed by atoms with Crippen LogP contribution in [0.2, 0.25) is 0 Å². The minimum Gasteiger partial charge on any atom is -0.368 e. The number of rotatable bonds is 3. The molecular formula is C17H25ClN4O3. The number of nitrogens with zero attached hydrogens (tertiary/aromatic N) is 3. The van der Waals surface area contributed by atoms with Crippen LogP contribution >= 0.6 is 12.4 Å². The third kappa shape index (κ3) is 4.61. The topological polar surface area (TPSA) is 78.7 Å². The number of carbonyl (C=O) groups is 1. The molecule has 1 aromatic carbocycles. The van der Waals surface area contributed by atoms with E-state index in [1.165, 1.54) is 6.07 Å². The Morgan fingerprint density at radius 1 is 1.28 bits per heavy atom. The summed E-state index contributed by atoms with van der Waals surface area (Å²) in [4.78, 5) is 27.3.